The summed E-state index contributed by atoms with van der Waals surface area (Å²) in [5, 5.41) is 19.5. The van der Waals surface area contributed by atoms with Gasteiger partial charge in [-0.15, -0.1) is 0 Å². The summed E-state index contributed by atoms with van der Waals surface area (Å²) in [5.74, 6) is 0.706. The second-order valence-electron chi connectivity index (χ2n) is 8.31. The van der Waals surface area contributed by atoms with E-state index >= 15 is 0 Å². The topological polar surface area (TPSA) is 131 Å². The summed E-state index contributed by atoms with van der Waals surface area (Å²) in [6, 6.07) is 6.53. The van der Waals surface area contributed by atoms with Crippen LogP contribution >= 0.6 is 0 Å². The highest BCUT2D eigenvalue weighted by molar-refractivity contribution is 6.05. The fourth-order valence-electron chi connectivity index (χ4n) is 4.06. The standard InChI is InChI=1S/C24H25N9O2/c1-5-33-14(2)15(12-27-33)13-31(3)24(35)21-17-10-16(34)6-7-18(17)28-22(29-21)19-11-20(32(4)30-19)23-25-8-9-26-23/h6-12,34H,5,13H2,1-4H3,(H,25,26). The van der Waals surface area contributed by atoms with Crippen LogP contribution in [0.5, 0.6) is 5.75 Å². The van der Waals surface area contributed by atoms with E-state index in [0.29, 0.717) is 34.8 Å². The van der Waals surface area contributed by atoms with Crippen molar-refractivity contribution in [3.8, 4) is 28.8 Å². The molecule has 0 aliphatic heterocycles. The van der Waals surface area contributed by atoms with E-state index in [2.05, 4.69) is 30.1 Å². The number of aromatic hydroxyl groups is 1. The third-order valence-electron chi connectivity index (χ3n) is 5.99. The van der Waals surface area contributed by atoms with Crippen LogP contribution in [0.1, 0.15) is 28.7 Å². The zero-order valence-electron chi connectivity index (χ0n) is 19.9. The van der Waals surface area contributed by atoms with Crippen molar-refractivity contribution in [3.05, 3.63) is 59.8 Å². The number of amides is 1. The average molecular weight is 472 g/mol. The van der Waals surface area contributed by atoms with Crippen LogP contribution in [-0.4, -0.2) is 62.5 Å². The molecule has 1 amide bonds. The van der Waals surface area contributed by atoms with Gasteiger partial charge in [0.15, 0.2) is 11.6 Å². The predicted octanol–water partition coefficient (Wildman–Crippen LogP) is 2.92. The first kappa shape index (κ1) is 22.3. The van der Waals surface area contributed by atoms with Crippen LogP contribution in [0.2, 0.25) is 0 Å². The molecular formula is C24H25N9O2. The second-order valence-corrected chi connectivity index (χ2v) is 8.31. The molecule has 4 aromatic heterocycles. The zero-order chi connectivity index (χ0) is 24.7. The Morgan fingerprint density at radius 1 is 1.23 bits per heavy atom. The summed E-state index contributed by atoms with van der Waals surface area (Å²) < 4.78 is 3.57. The van der Waals surface area contributed by atoms with Gasteiger partial charge in [0.25, 0.3) is 5.91 Å². The summed E-state index contributed by atoms with van der Waals surface area (Å²) in [5.41, 5.74) is 3.95. The van der Waals surface area contributed by atoms with Gasteiger partial charge >= 0.3 is 0 Å². The number of aromatic nitrogens is 8. The van der Waals surface area contributed by atoms with Gasteiger partial charge in [0.2, 0.25) is 0 Å². The number of aryl methyl sites for hydroxylation is 2. The van der Waals surface area contributed by atoms with Crippen molar-refractivity contribution in [3.63, 3.8) is 0 Å². The molecular weight excluding hydrogens is 446 g/mol. The Morgan fingerprint density at radius 2 is 2.06 bits per heavy atom. The summed E-state index contributed by atoms with van der Waals surface area (Å²) in [4.78, 5) is 31.8. The molecule has 0 unspecified atom stereocenters. The molecule has 0 saturated carbocycles. The number of fused-ring (bicyclic) bond motifs is 1. The number of imidazole rings is 1. The highest BCUT2D eigenvalue weighted by atomic mass is 16.3. The van der Waals surface area contributed by atoms with Crippen LogP contribution < -0.4 is 0 Å². The van der Waals surface area contributed by atoms with E-state index in [9.17, 15) is 9.90 Å². The first-order valence-electron chi connectivity index (χ1n) is 11.2. The summed E-state index contributed by atoms with van der Waals surface area (Å²) in [7, 11) is 3.52. The Bertz CT molecular complexity index is 1530. The lowest BCUT2D eigenvalue weighted by Gasteiger charge is -2.18. The third-order valence-corrected chi connectivity index (χ3v) is 5.99. The maximum Gasteiger partial charge on any atom is 0.273 e. The molecule has 0 bridgehead atoms. The van der Waals surface area contributed by atoms with Crippen molar-refractivity contribution in [2.45, 2.75) is 26.9 Å². The average Bonchev–Trinajstić information content (AvgIpc) is 3.59. The molecule has 0 atom stereocenters. The van der Waals surface area contributed by atoms with Crippen molar-refractivity contribution in [2.75, 3.05) is 7.05 Å². The van der Waals surface area contributed by atoms with Crippen molar-refractivity contribution in [1.29, 1.82) is 0 Å². The number of carbonyl (C=O) groups excluding carboxylic acids is 1. The molecule has 11 nitrogen and oxygen atoms in total. The predicted molar refractivity (Wildman–Crippen MR) is 129 cm³/mol. The molecule has 4 heterocycles. The highest BCUT2D eigenvalue weighted by Crippen LogP contribution is 2.27. The molecule has 0 radical (unpaired) electrons. The number of carbonyl (C=O) groups is 1. The van der Waals surface area contributed by atoms with Gasteiger partial charge in [-0.1, -0.05) is 0 Å². The Hall–Kier alpha value is -4.54. The fraction of sp³-hybridized carbons (Fsp3) is 0.250. The van der Waals surface area contributed by atoms with Crippen molar-refractivity contribution < 1.29 is 9.90 Å². The van der Waals surface area contributed by atoms with Crippen molar-refractivity contribution >= 4 is 16.8 Å². The Kier molecular flexibility index (Phi) is 5.51. The maximum absolute atomic E-state index is 13.6. The van der Waals surface area contributed by atoms with Gasteiger partial charge in [-0.25, -0.2) is 15.0 Å². The van der Waals surface area contributed by atoms with E-state index in [0.717, 1.165) is 23.5 Å². The second kappa shape index (κ2) is 8.67. The normalized spacial score (nSPS) is 11.3. The first-order valence-corrected chi connectivity index (χ1v) is 11.2. The number of benzene rings is 1. The molecule has 35 heavy (non-hydrogen) atoms. The van der Waals surface area contributed by atoms with Crippen molar-refractivity contribution in [2.24, 2.45) is 7.05 Å². The number of hydrogen-bond acceptors (Lipinski definition) is 7. The zero-order valence-corrected chi connectivity index (χ0v) is 19.9. The quantitative estimate of drug-likeness (QED) is 0.389. The van der Waals surface area contributed by atoms with Gasteiger partial charge in [-0.3, -0.25) is 14.2 Å². The van der Waals surface area contributed by atoms with Crippen LogP contribution in [-0.2, 0) is 20.1 Å². The van der Waals surface area contributed by atoms with Crippen LogP contribution in [0.15, 0.2) is 42.9 Å². The monoisotopic (exact) mass is 471 g/mol. The summed E-state index contributed by atoms with van der Waals surface area (Å²) >= 11 is 0. The van der Waals surface area contributed by atoms with Gasteiger partial charge in [0.1, 0.15) is 22.8 Å². The maximum atomic E-state index is 13.6. The van der Waals surface area contributed by atoms with E-state index in [1.165, 1.54) is 12.1 Å². The molecule has 1 aromatic carbocycles. The number of nitrogens with zero attached hydrogens (tertiary/aromatic N) is 8. The number of rotatable bonds is 6. The Labute approximate surface area is 201 Å². The third kappa shape index (κ3) is 4.01. The van der Waals surface area contributed by atoms with E-state index in [4.69, 9.17) is 0 Å². The molecule has 5 rings (SSSR count). The molecule has 0 saturated heterocycles. The number of aromatic amines is 1. The lowest BCUT2D eigenvalue weighted by molar-refractivity contribution is 0.0781. The number of phenols is 1. The van der Waals surface area contributed by atoms with Gasteiger partial charge in [-0.05, 0) is 38.1 Å². The SMILES string of the molecule is CCn1ncc(CN(C)C(=O)c2nc(-c3cc(-c4ncc[nH]4)n(C)n3)nc3ccc(O)cc23)c1C. The number of hydrogen-bond donors (Lipinski definition) is 2. The highest BCUT2D eigenvalue weighted by Gasteiger charge is 2.22. The molecule has 0 aliphatic carbocycles. The molecule has 0 spiro atoms. The van der Waals surface area contributed by atoms with E-state index < -0.39 is 0 Å². The fourth-order valence-corrected chi connectivity index (χ4v) is 4.06. The number of nitrogens with one attached hydrogen (secondary N) is 1. The molecule has 0 aliphatic rings. The summed E-state index contributed by atoms with van der Waals surface area (Å²) in [6.45, 7) is 5.13. The lowest BCUT2D eigenvalue weighted by Crippen LogP contribution is -2.27. The summed E-state index contributed by atoms with van der Waals surface area (Å²) in [6.07, 6.45) is 5.18. The van der Waals surface area contributed by atoms with E-state index in [1.54, 1.807) is 48.3 Å². The van der Waals surface area contributed by atoms with Gasteiger partial charge in [-0.2, -0.15) is 10.2 Å². The Balaban J connectivity index is 1.57. The molecule has 0 fully saturated rings. The van der Waals surface area contributed by atoms with Crippen LogP contribution in [0.25, 0.3) is 33.9 Å². The van der Waals surface area contributed by atoms with Crippen LogP contribution in [0, 0.1) is 6.92 Å². The minimum Gasteiger partial charge on any atom is -0.508 e. The first-order chi connectivity index (χ1) is 16.9. The molecule has 2 N–H and O–H groups in total. The largest absolute Gasteiger partial charge is 0.508 e. The smallest absolute Gasteiger partial charge is 0.273 e. The molecule has 178 valence electrons. The van der Waals surface area contributed by atoms with E-state index in [-0.39, 0.29) is 17.4 Å². The minimum atomic E-state index is -0.296. The van der Waals surface area contributed by atoms with Crippen LogP contribution in [0.4, 0.5) is 0 Å². The molecule has 11 heteroatoms. The van der Waals surface area contributed by atoms with Gasteiger partial charge in [0.05, 0.1) is 11.7 Å². The lowest BCUT2D eigenvalue weighted by atomic mass is 10.1. The van der Waals surface area contributed by atoms with Crippen molar-refractivity contribution in [1.82, 2.24) is 44.4 Å². The molecule has 5 aromatic rings. The Morgan fingerprint density at radius 3 is 2.77 bits per heavy atom. The van der Waals surface area contributed by atoms with Crippen LogP contribution in [0.3, 0.4) is 0 Å². The minimum absolute atomic E-state index is 0.0311. The number of H-pyrrole nitrogens is 1. The van der Waals surface area contributed by atoms with Gasteiger partial charge in [0, 0.05) is 56.2 Å². The van der Waals surface area contributed by atoms with Gasteiger partial charge < -0.3 is 15.0 Å². The van der Waals surface area contributed by atoms with E-state index in [1.807, 2.05) is 24.6 Å². The number of phenolic OH excluding ortho intramolecular Hbond substituents is 1.